The normalized spacial score (nSPS) is 44.5. The Bertz CT molecular complexity index is 939. The second-order valence-corrected chi connectivity index (χ2v) is 12.5. The largest absolute Gasteiger partial charge is 0.390 e. The van der Waals surface area contributed by atoms with E-state index in [0.717, 1.165) is 50.4 Å². The first-order valence-corrected chi connectivity index (χ1v) is 13.1. The highest BCUT2D eigenvalue weighted by Gasteiger charge is 2.61. The molecule has 0 saturated heterocycles. The number of Topliss-reactive ketones (excluding diaryl/α,β-unsaturated/α-hetero) is 1. The van der Waals surface area contributed by atoms with Crippen LogP contribution in [0.15, 0.2) is 12.4 Å². The fraction of sp³-hybridized carbons (Fsp3) is 0.815. The number of nitrogens with zero attached hydrogens (tertiary/aromatic N) is 2. The molecule has 0 aromatic carbocycles. The second-order valence-electron chi connectivity index (χ2n) is 12.5. The van der Waals surface area contributed by atoms with Crippen LogP contribution in [-0.4, -0.2) is 39.2 Å². The fourth-order valence-electron chi connectivity index (χ4n) is 8.94. The van der Waals surface area contributed by atoms with Crippen LogP contribution in [-0.2, 0) is 11.3 Å². The number of aliphatic hydroxyl groups is 1. The van der Waals surface area contributed by atoms with Crippen LogP contribution in [0, 0.1) is 40.4 Å². The zero-order valence-electron chi connectivity index (χ0n) is 20.8. The SMILES string of the molecule is CNC(=O)c1cnn(CC(=O)[C@H]2CC[C@H]3C4CC[C@H]5C[C@](C)(O)CC[C@]5(C)[C@H]4CCC23C)c1. The van der Waals surface area contributed by atoms with Gasteiger partial charge in [0.15, 0.2) is 5.78 Å². The molecule has 1 aromatic heterocycles. The van der Waals surface area contributed by atoms with E-state index in [9.17, 15) is 14.7 Å². The van der Waals surface area contributed by atoms with Gasteiger partial charge < -0.3 is 10.4 Å². The van der Waals surface area contributed by atoms with Crippen LogP contribution in [0.1, 0.15) is 88.9 Å². The predicted molar refractivity (Wildman–Crippen MR) is 126 cm³/mol. The fourth-order valence-corrected chi connectivity index (χ4v) is 8.94. The number of aromatic nitrogens is 2. The first-order valence-electron chi connectivity index (χ1n) is 13.1. The van der Waals surface area contributed by atoms with Gasteiger partial charge in [0.25, 0.3) is 5.91 Å². The number of hydrogen-bond acceptors (Lipinski definition) is 4. The van der Waals surface area contributed by atoms with Crippen molar-refractivity contribution in [3.8, 4) is 0 Å². The Morgan fingerprint density at radius 3 is 2.58 bits per heavy atom. The summed E-state index contributed by atoms with van der Waals surface area (Å²) < 4.78 is 1.63. The number of rotatable bonds is 4. The van der Waals surface area contributed by atoms with Gasteiger partial charge in [0.1, 0.15) is 0 Å². The molecule has 5 rings (SSSR count). The van der Waals surface area contributed by atoms with Crippen molar-refractivity contribution in [3.05, 3.63) is 18.0 Å². The molecule has 182 valence electrons. The van der Waals surface area contributed by atoms with E-state index in [4.69, 9.17) is 0 Å². The number of nitrogens with one attached hydrogen (secondary N) is 1. The summed E-state index contributed by atoms with van der Waals surface area (Å²) in [5.41, 5.74) is 0.436. The molecule has 6 nitrogen and oxygen atoms in total. The maximum Gasteiger partial charge on any atom is 0.254 e. The molecule has 0 bridgehead atoms. The third-order valence-electron chi connectivity index (χ3n) is 10.8. The summed E-state index contributed by atoms with van der Waals surface area (Å²) in [6.45, 7) is 7.20. The molecule has 6 heteroatoms. The Labute approximate surface area is 197 Å². The standard InChI is InChI=1S/C27H41N3O3/c1-25(33)11-12-26(2)18(13-25)5-6-19-20-7-8-22(27(20,3)10-9-21(19)26)23(31)16-30-15-17(14-29-30)24(32)28-4/h14-15,18-22,33H,5-13,16H2,1-4H3,(H,28,32)/t18-,19?,20-,21-,22+,25+,26-,27?/m0/s1. The van der Waals surface area contributed by atoms with Gasteiger partial charge in [-0.1, -0.05) is 13.8 Å². The Hall–Kier alpha value is -1.69. The molecule has 2 unspecified atom stereocenters. The third kappa shape index (κ3) is 3.67. The van der Waals surface area contributed by atoms with Crippen molar-refractivity contribution >= 4 is 11.7 Å². The van der Waals surface area contributed by atoms with Gasteiger partial charge >= 0.3 is 0 Å². The highest BCUT2D eigenvalue weighted by molar-refractivity contribution is 5.93. The molecule has 8 atom stereocenters. The molecular formula is C27H41N3O3. The monoisotopic (exact) mass is 455 g/mol. The van der Waals surface area contributed by atoms with Crippen LogP contribution in [0.25, 0.3) is 0 Å². The number of carbonyl (C=O) groups is 2. The molecule has 0 radical (unpaired) electrons. The minimum Gasteiger partial charge on any atom is -0.390 e. The van der Waals surface area contributed by atoms with Crippen molar-refractivity contribution in [1.82, 2.24) is 15.1 Å². The molecule has 1 amide bonds. The average Bonchev–Trinajstić information content (AvgIpc) is 3.37. The van der Waals surface area contributed by atoms with Crippen molar-refractivity contribution in [3.63, 3.8) is 0 Å². The van der Waals surface area contributed by atoms with Crippen LogP contribution in [0.3, 0.4) is 0 Å². The molecule has 4 aliphatic carbocycles. The zero-order chi connectivity index (χ0) is 23.6. The summed E-state index contributed by atoms with van der Waals surface area (Å²) in [5, 5.41) is 17.6. The van der Waals surface area contributed by atoms with E-state index in [-0.39, 0.29) is 29.6 Å². The maximum absolute atomic E-state index is 13.5. The zero-order valence-corrected chi connectivity index (χ0v) is 20.8. The maximum atomic E-state index is 13.5. The number of fused-ring (bicyclic) bond motifs is 5. The van der Waals surface area contributed by atoms with E-state index in [0.29, 0.717) is 22.8 Å². The van der Waals surface area contributed by atoms with E-state index in [1.807, 2.05) is 6.92 Å². The van der Waals surface area contributed by atoms with Crippen LogP contribution >= 0.6 is 0 Å². The van der Waals surface area contributed by atoms with Gasteiger partial charge in [-0.05, 0) is 99.2 Å². The molecule has 1 aromatic rings. The van der Waals surface area contributed by atoms with E-state index >= 15 is 0 Å². The second kappa shape index (κ2) is 7.93. The van der Waals surface area contributed by atoms with Crippen LogP contribution in [0.5, 0.6) is 0 Å². The first kappa shape index (κ1) is 23.1. The topological polar surface area (TPSA) is 84.2 Å². The van der Waals surface area contributed by atoms with Crippen molar-refractivity contribution < 1.29 is 14.7 Å². The van der Waals surface area contributed by atoms with Gasteiger partial charge in [-0.3, -0.25) is 14.3 Å². The molecule has 0 spiro atoms. The third-order valence-corrected chi connectivity index (χ3v) is 10.8. The predicted octanol–water partition coefficient (Wildman–Crippen LogP) is 4.22. The quantitative estimate of drug-likeness (QED) is 0.712. The number of amides is 1. The summed E-state index contributed by atoms with van der Waals surface area (Å²) in [6, 6.07) is 0. The van der Waals surface area contributed by atoms with Gasteiger partial charge in [-0.15, -0.1) is 0 Å². The number of hydrogen-bond donors (Lipinski definition) is 2. The summed E-state index contributed by atoms with van der Waals surface area (Å²) in [6.07, 6.45) is 13.2. The Morgan fingerprint density at radius 1 is 1.06 bits per heavy atom. The average molecular weight is 456 g/mol. The van der Waals surface area contributed by atoms with Gasteiger partial charge in [0.05, 0.1) is 23.9 Å². The number of ketones is 1. The summed E-state index contributed by atoms with van der Waals surface area (Å²) in [4.78, 5) is 25.3. The smallest absolute Gasteiger partial charge is 0.254 e. The minimum atomic E-state index is -0.491. The lowest BCUT2D eigenvalue weighted by molar-refractivity contribution is -0.151. The van der Waals surface area contributed by atoms with Gasteiger partial charge in [-0.2, -0.15) is 5.10 Å². The van der Waals surface area contributed by atoms with Crippen LogP contribution in [0.2, 0.25) is 0 Å². The van der Waals surface area contributed by atoms with Crippen LogP contribution < -0.4 is 5.32 Å². The van der Waals surface area contributed by atoms with Crippen LogP contribution in [0.4, 0.5) is 0 Å². The van der Waals surface area contributed by atoms with Gasteiger partial charge in [0.2, 0.25) is 0 Å². The summed E-state index contributed by atoms with van der Waals surface area (Å²) in [5.74, 6) is 2.92. The van der Waals surface area contributed by atoms with Gasteiger partial charge in [-0.25, -0.2) is 0 Å². The van der Waals surface area contributed by atoms with E-state index < -0.39 is 5.60 Å². The highest BCUT2D eigenvalue weighted by Crippen LogP contribution is 2.68. The van der Waals surface area contributed by atoms with Gasteiger partial charge in [0, 0.05) is 19.2 Å². The lowest BCUT2D eigenvalue weighted by Gasteiger charge is -2.61. The van der Waals surface area contributed by atoms with Crippen molar-refractivity contribution in [2.24, 2.45) is 40.4 Å². The van der Waals surface area contributed by atoms with E-state index in [2.05, 4.69) is 24.3 Å². The van der Waals surface area contributed by atoms with E-state index in [1.165, 1.54) is 25.5 Å². The Kier molecular flexibility index (Phi) is 5.54. The molecule has 0 aliphatic heterocycles. The van der Waals surface area contributed by atoms with Crippen molar-refractivity contribution in [1.29, 1.82) is 0 Å². The molecule has 4 aliphatic rings. The molecule has 4 saturated carbocycles. The molecule has 33 heavy (non-hydrogen) atoms. The first-order chi connectivity index (χ1) is 15.6. The molecule has 1 heterocycles. The molecular weight excluding hydrogens is 414 g/mol. The van der Waals surface area contributed by atoms with Crippen molar-refractivity contribution in [2.75, 3.05) is 7.05 Å². The molecule has 2 N–H and O–H groups in total. The highest BCUT2D eigenvalue weighted by atomic mass is 16.3. The molecule has 4 fully saturated rings. The Balaban J connectivity index is 1.31. The summed E-state index contributed by atoms with van der Waals surface area (Å²) in [7, 11) is 1.60. The lowest BCUT2D eigenvalue weighted by atomic mass is 9.44. The van der Waals surface area contributed by atoms with Crippen molar-refractivity contribution in [2.45, 2.75) is 90.7 Å². The minimum absolute atomic E-state index is 0.0817. The Morgan fingerprint density at radius 2 is 1.82 bits per heavy atom. The van der Waals surface area contributed by atoms with E-state index in [1.54, 1.807) is 17.9 Å². The lowest BCUT2D eigenvalue weighted by Crippen LogP contribution is -2.55. The summed E-state index contributed by atoms with van der Waals surface area (Å²) >= 11 is 0. The number of carbonyl (C=O) groups excluding carboxylic acids is 2.